The molecule has 21 heavy (non-hydrogen) atoms. The van der Waals surface area contributed by atoms with Crippen molar-refractivity contribution in [2.45, 2.75) is 13.3 Å². The molecular weight excluding hydrogens is 266 g/mol. The minimum Gasteiger partial charge on any atom is -0.506 e. The van der Waals surface area contributed by atoms with Crippen molar-refractivity contribution in [1.82, 2.24) is 15.0 Å². The van der Waals surface area contributed by atoms with Crippen LogP contribution in [0.15, 0.2) is 42.5 Å². The standard InChI is InChI=1S/C16H17N3O2/c1-2-21-10-9-12-7-8-16(20)15(11-12)19-17-13-5-3-4-6-14(13)18-19/h3-8,11,20H,2,9-10H2,1H3. The van der Waals surface area contributed by atoms with Gasteiger partial charge in [0.1, 0.15) is 22.5 Å². The van der Waals surface area contributed by atoms with Gasteiger partial charge in [-0.05, 0) is 43.2 Å². The van der Waals surface area contributed by atoms with Gasteiger partial charge in [0, 0.05) is 6.61 Å². The number of fused-ring (bicyclic) bond motifs is 1. The van der Waals surface area contributed by atoms with E-state index in [9.17, 15) is 5.11 Å². The molecule has 1 heterocycles. The van der Waals surface area contributed by atoms with E-state index in [0.717, 1.165) is 23.0 Å². The fourth-order valence-corrected chi connectivity index (χ4v) is 2.19. The minimum absolute atomic E-state index is 0.162. The summed E-state index contributed by atoms with van der Waals surface area (Å²) >= 11 is 0. The minimum atomic E-state index is 0.162. The fraction of sp³-hybridized carbons (Fsp3) is 0.250. The number of nitrogens with zero attached hydrogens (tertiary/aromatic N) is 3. The van der Waals surface area contributed by atoms with Crippen LogP contribution in [0.3, 0.4) is 0 Å². The molecule has 0 aliphatic heterocycles. The van der Waals surface area contributed by atoms with E-state index >= 15 is 0 Å². The summed E-state index contributed by atoms with van der Waals surface area (Å²) in [5.41, 5.74) is 3.27. The van der Waals surface area contributed by atoms with Crippen molar-refractivity contribution in [1.29, 1.82) is 0 Å². The normalized spacial score (nSPS) is 11.1. The molecule has 0 atom stereocenters. The van der Waals surface area contributed by atoms with Crippen molar-refractivity contribution in [2.24, 2.45) is 0 Å². The molecule has 0 aliphatic rings. The number of phenolic OH excluding ortho intramolecular Hbond substituents is 1. The Morgan fingerprint density at radius 3 is 2.48 bits per heavy atom. The van der Waals surface area contributed by atoms with Crippen LogP contribution < -0.4 is 0 Å². The van der Waals surface area contributed by atoms with Gasteiger partial charge in [-0.25, -0.2) is 0 Å². The summed E-state index contributed by atoms with van der Waals surface area (Å²) in [4.78, 5) is 1.48. The number of aromatic hydroxyl groups is 1. The van der Waals surface area contributed by atoms with Gasteiger partial charge in [0.2, 0.25) is 0 Å². The zero-order chi connectivity index (χ0) is 14.7. The van der Waals surface area contributed by atoms with E-state index in [1.165, 1.54) is 4.80 Å². The molecule has 2 aromatic carbocycles. The van der Waals surface area contributed by atoms with Crippen LogP contribution in [0.4, 0.5) is 0 Å². The van der Waals surface area contributed by atoms with Crippen LogP contribution in [0.2, 0.25) is 0 Å². The quantitative estimate of drug-likeness (QED) is 0.731. The van der Waals surface area contributed by atoms with Gasteiger partial charge in [-0.3, -0.25) is 0 Å². The molecule has 3 rings (SSSR count). The predicted molar refractivity (Wildman–Crippen MR) is 80.7 cm³/mol. The maximum absolute atomic E-state index is 10.1. The van der Waals surface area contributed by atoms with Gasteiger partial charge in [-0.2, -0.15) is 0 Å². The zero-order valence-corrected chi connectivity index (χ0v) is 11.9. The van der Waals surface area contributed by atoms with E-state index in [4.69, 9.17) is 4.74 Å². The summed E-state index contributed by atoms with van der Waals surface area (Å²) in [6, 6.07) is 13.1. The van der Waals surface area contributed by atoms with Gasteiger partial charge >= 0.3 is 0 Å². The fourth-order valence-electron chi connectivity index (χ4n) is 2.19. The Hall–Kier alpha value is -2.40. The second-order valence-corrected chi connectivity index (χ2v) is 4.75. The highest BCUT2D eigenvalue weighted by Gasteiger charge is 2.09. The molecule has 0 aliphatic carbocycles. The first-order chi connectivity index (χ1) is 10.3. The molecule has 5 nitrogen and oxygen atoms in total. The third-order valence-corrected chi connectivity index (χ3v) is 3.28. The molecule has 0 saturated heterocycles. The van der Waals surface area contributed by atoms with Crippen LogP contribution in [0, 0.1) is 0 Å². The number of hydrogen-bond acceptors (Lipinski definition) is 4. The van der Waals surface area contributed by atoms with E-state index < -0.39 is 0 Å². The first-order valence-corrected chi connectivity index (χ1v) is 7.00. The highest BCUT2D eigenvalue weighted by molar-refractivity contribution is 5.73. The summed E-state index contributed by atoms with van der Waals surface area (Å²) in [6.45, 7) is 3.34. The number of benzene rings is 2. The van der Waals surface area contributed by atoms with E-state index in [-0.39, 0.29) is 5.75 Å². The second kappa shape index (κ2) is 5.93. The molecule has 0 spiro atoms. The smallest absolute Gasteiger partial charge is 0.143 e. The Balaban J connectivity index is 1.94. The Labute approximate surface area is 122 Å². The van der Waals surface area contributed by atoms with Crippen molar-refractivity contribution < 1.29 is 9.84 Å². The summed E-state index contributed by atoms with van der Waals surface area (Å²) in [5.74, 6) is 0.162. The maximum Gasteiger partial charge on any atom is 0.143 e. The summed E-state index contributed by atoms with van der Waals surface area (Å²) in [7, 11) is 0. The molecule has 0 fully saturated rings. The van der Waals surface area contributed by atoms with Crippen LogP contribution in [0.5, 0.6) is 5.75 Å². The topological polar surface area (TPSA) is 60.2 Å². The molecule has 0 unspecified atom stereocenters. The van der Waals surface area contributed by atoms with Crippen LogP contribution in [0.25, 0.3) is 16.7 Å². The summed E-state index contributed by atoms with van der Waals surface area (Å²) < 4.78 is 5.36. The Kier molecular flexibility index (Phi) is 3.83. The summed E-state index contributed by atoms with van der Waals surface area (Å²) in [5, 5.41) is 18.8. The number of rotatable bonds is 5. The van der Waals surface area contributed by atoms with Gasteiger partial charge in [0.15, 0.2) is 0 Å². The third-order valence-electron chi connectivity index (χ3n) is 3.28. The average Bonchev–Trinajstić information content (AvgIpc) is 2.93. The third kappa shape index (κ3) is 2.87. The van der Waals surface area contributed by atoms with Crippen LogP contribution in [-0.2, 0) is 11.2 Å². The van der Waals surface area contributed by atoms with E-state index in [1.807, 2.05) is 43.3 Å². The highest BCUT2D eigenvalue weighted by atomic mass is 16.5. The van der Waals surface area contributed by atoms with Crippen molar-refractivity contribution >= 4 is 11.0 Å². The number of hydrogen-bond donors (Lipinski definition) is 1. The Morgan fingerprint density at radius 1 is 1.10 bits per heavy atom. The average molecular weight is 283 g/mol. The number of ether oxygens (including phenoxy) is 1. The van der Waals surface area contributed by atoms with Crippen LogP contribution >= 0.6 is 0 Å². The van der Waals surface area contributed by atoms with Gasteiger partial charge in [-0.15, -0.1) is 15.0 Å². The Morgan fingerprint density at radius 2 is 1.81 bits per heavy atom. The van der Waals surface area contributed by atoms with Crippen molar-refractivity contribution in [3.05, 3.63) is 48.0 Å². The molecule has 3 aromatic rings. The lowest BCUT2D eigenvalue weighted by Gasteiger charge is -2.07. The summed E-state index contributed by atoms with van der Waals surface area (Å²) in [6.07, 6.45) is 0.794. The van der Waals surface area contributed by atoms with E-state index in [0.29, 0.717) is 18.9 Å². The van der Waals surface area contributed by atoms with Crippen molar-refractivity contribution in [3.8, 4) is 11.4 Å². The monoisotopic (exact) mass is 283 g/mol. The van der Waals surface area contributed by atoms with Crippen LogP contribution in [-0.4, -0.2) is 33.3 Å². The molecule has 0 radical (unpaired) electrons. The lowest BCUT2D eigenvalue weighted by molar-refractivity contribution is 0.151. The lowest BCUT2D eigenvalue weighted by Crippen LogP contribution is -2.02. The molecule has 108 valence electrons. The molecule has 0 bridgehead atoms. The second-order valence-electron chi connectivity index (χ2n) is 4.75. The molecule has 0 saturated carbocycles. The van der Waals surface area contributed by atoms with Crippen LogP contribution in [0.1, 0.15) is 12.5 Å². The predicted octanol–water partition coefficient (Wildman–Crippen LogP) is 2.71. The van der Waals surface area contributed by atoms with E-state index in [1.54, 1.807) is 6.07 Å². The molecular formula is C16H17N3O2. The van der Waals surface area contributed by atoms with Gasteiger partial charge in [0.05, 0.1) is 6.61 Å². The molecule has 0 amide bonds. The lowest BCUT2D eigenvalue weighted by atomic mass is 10.1. The first kappa shape index (κ1) is 13.6. The SMILES string of the molecule is CCOCCc1ccc(O)c(-n2nc3ccccc3n2)c1. The van der Waals surface area contributed by atoms with Crippen molar-refractivity contribution in [2.75, 3.05) is 13.2 Å². The van der Waals surface area contributed by atoms with Gasteiger partial charge in [0.25, 0.3) is 0 Å². The maximum atomic E-state index is 10.1. The zero-order valence-electron chi connectivity index (χ0n) is 11.9. The molecule has 5 heteroatoms. The molecule has 1 N–H and O–H groups in total. The van der Waals surface area contributed by atoms with Gasteiger partial charge in [-0.1, -0.05) is 18.2 Å². The van der Waals surface area contributed by atoms with Gasteiger partial charge < -0.3 is 9.84 Å². The largest absolute Gasteiger partial charge is 0.506 e. The Bertz CT molecular complexity index is 719. The molecule has 1 aromatic heterocycles. The number of aromatic nitrogens is 3. The van der Waals surface area contributed by atoms with Crippen molar-refractivity contribution in [3.63, 3.8) is 0 Å². The first-order valence-electron chi connectivity index (χ1n) is 7.00. The number of phenols is 1. The van der Waals surface area contributed by atoms with E-state index in [2.05, 4.69) is 10.2 Å². The highest BCUT2D eigenvalue weighted by Crippen LogP contribution is 2.23.